The monoisotopic (exact) mass is 367 g/mol. The maximum atomic E-state index is 9.33. The van der Waals surface area contributed by atoms with E-state index in [9.17, 15) is 5.21 Å². The summed E-state index contributed by atoms with van der Waals surface area (Å²) in [5.74, 6) is 3.33. The lowest BCUT2D eigenvalue weighted by Gasteiger charge is -2.58. The molecule has 2 spiro atoms. The van der Waals surface area contributed by atoms with Gasteiger partial charge < -0.3 is 9.94 Å². The fourth-order valence-electron chi connectivity index (χ4n) is 8.75. The van der Waals surface area contributed by atoms with Crippen LogP contribution in [0.4, 0.5) is 0 Å². The summed E-state index contributed by atoms with van der Waals surface area (Å²) in [7, 11) is 0. The highest BCUT2D eigenvalue weighted by atomic mass is 16.5. The van der Waals surface area contributed by atoms with Gasteiger partial charge in [-0.05, 0) is 99.4 Å². The van der Waals surface area contributed by atoms with E-state index >= 15 is 0 Å². The molecule has 1 aliphatic heterocycles. The molecule has 0 bridgehead atoms. The predicted molar refractivity (Wildman–Crippen MR) is 106 cm³/mol. The molecule has 1 heterocycles. The second kappa shape index (κ2) is 5.49. The van der Waals surface area contributed by atoms with E-state index in [1.54, 1.807) is 5.57 Å². The first-order valence-electron chi connectivity index (χ1n) is 11.4. The Hall–Kier alpha value is -1.09. The van der Waals surface area contributed by atoms with Gasteiger partial charge in [-0.15, -0.1) is 0 Å². The van der Waals surface area contributed by atoms with Gasteiger partial charge in [0.2, 0.25) is 0 Å². The molecule has 6 rings (SSSR count). The van der Waals surface area contributed by atoms with Gasteiger partial charge in [-0.1, -0.05) is 29.8 Å². The third kappa shape index (κ3) is 2.00. The number of nitrogens with zero attached hydrogens (tertiary/aromatic N) is 1. The number of ether oxygens (including phenoxy) is 1. The molecule has 4 saturated carbocycles. The Morgan fingerprint density at radius 2 is 2.04 bits per heavy atom. The number of hydrogen-bond acceptors (Lipinski definition) is 3. The minimum Gasteiger partial charge on any atom is -0.411 e. The topological polar surface area (TPSA) is 41.8 Å². The van der Waals surface area contributed by atoms with E-state index in [1.165, 1.54) is 57.8 Å². The molecule has 0 amide bonds. The second-order valence-corrected chi connectivity index (χ2v) is 10.4. The first-order valence-corrected chi connectivity index (χ1v) is 11.4. The highest BCUT2D eigenvalue weighted by molar-refractivity contribution is 5.96. The van der Waals surface area contributed by atoms with Crippen LogP contribution in [0.15, 0.2) is 29.0 Å². The van der Waals surface area contributed by atoms with Crippen molar-refractivity contribution in [3.8, 4) is 0 Å². The van der Waals surface area contributed by atoms with Gasteiger partial charge in [0.25, 0.3) is 0 Å². The van der Waals surface area contributed by atoms with E-state index < -0.39 is 0 Å². The highest BCUT2D eigenvalue weighted by Gasteiger charge is 2.67. The zero-order valence-corrected chi connectivity index (χ0v) is 16.6. The fraction of sp³-hybridized carbons (Fsp3) is 0.792. The summed E-state index contributed by atoms with van der Waals surface area (Å²) >= 11 is 0. The molecule has 0 aromatic rings. The van der Waals surface area contributed by atoms with Crippen LogP contribution in [0.2, 0.25) is 0 Å². The number of rotatable bonds is 1. The van der Waals surface area contributed by atoms with Gasteiger partial charge in [0.05, 0.1) is 17.9 Å². The minimum atomic E-state index is 0.0491. The van der Waals surface area contributed by atoms with Crippen LogP contribution in [0.3, 0.4) is 0 Å². The normalized spacial score (nSPS) is 50.6. The molecule has 0 aromatic heterocycles. The molecular formula is C24H33NO2. The summed E-state index contributed by atoms with van der Waals surface area (Å²) in [5, 5.41) is 12.9. The molecular weight excluding hydrogens is 334 g/mol. The molecule has 5 aliphatic carbocycles. The smallest absolute Gasteiger partial charge is 0.0926 e. The highest BCUT2D eigenvalue weighted by Crippen LogP contribution is 2.73. The van der Waals surface area contributed by atoms with Crippen molar-refractivity contribution < 1.29 is 9.94 Å². The lowest BCUT2D eigenvalue weighted by Crippen LogP contribution is -2.54. The number of hydrogen-bond donors (Lipinski definition) is 1. The maximum Gasteiger partial charge on any atom is 0.0926 e. The SMILES string of the molecule is CC[C@]12CCC3C(CC4(CC4)C4=C/C(=N/O)CC[C@@H]43)C1CC[C@@]21C=CCO1. The molecule has 0 aromatic carbocycles. The van der Waals surface area contributed by atoms with Crippen LogP contribution in [0, 0.1) is 34.5 Å². The number of fused-ring (bicyclic) bond motifs is 7. The van der Waals surface area contributed by atoms with Crippen LogP contribution < -0.4 is 0 Å². The van der Waals surface area contributed by atoms with Gasteiger partial charge >= 0.3 is 0 Å². The summed E-state index contributed by atoms with van der Waals surface area (Å²) in [4.78, 5) is 0. The molecule has 0 radical (unpaired) electrons. The number of oxime groups is 1. The van der Waals surface area contributed by atoms with Gasteiger partial charge in [-0.3, -0.25) is 0 Å². The van der Waals surface area contributed by atoms with Gasteiger partial charge in [-0.2, -0.15) is 0 Å². The van der Waals surface area contributed by atoms with Crippen LogP contribution in [-0.4, -0.2) is 23.1 Å². The Labute approximate surface area is 162 Å². The summed E-state index contributed by atoms with van der Waals surface area (Å²) in [6.45, 7) is 3.26. The van der Waals surface area contributed by atoms with E-state index in [-0.39, 0.29) is 5.60 Å². The van der Waals surface area contributed by atoms with Crippen molar-refractivity contribution in [1.29, 1.82) is 0 Å². The first kappa shape index (κ1) is 16.8. The third-order valence-electron chi connectivity index (χ3n) is 10.00. The lowest BCUT2D eigenvalue weighted by molar-refractivity contribution is -0.126. The molecule has 3 unspecified atom stereocenters. The van der Waals surface area contributed by atoms with Crippen molar-refractivity contribution in [2.75, 3.05) is 6.61 Å². The van der Waals surface area contributed by atoms with Crippen LogP contribution in [0.25, 0.3) is 0 Å². The summed E-state index contributed by atoms with van der Waals surface area (Å²) in [6, 6.07) is 0. The molecule has 3 nitrogen and oxygen atoms in total. The van der Waals surface area contributed by atoms with Crippen molar-refractivity contribution in [2.45, 2.75) is 76.7 Å². The number of allylic oxidation sites excluding steroid dienone is 2. The molecule has 6 aliphatic rings. The van der Waals surface area contributed by atoms with Crippen LogP contribution in [0.5, 0.6) is 0 Å². The molecule has 6 atom stereocenters. The van der Waals surface area contributed by atoms with E-state index in [0.29, 0.717) is 10.8 Å². The standard InChI is InChI=1S/C24H33NO2/c1-2-23-9-6-17-18-5-4-16(25-26)14-21(18)22(11-12-22)15-19(17)20(23)7-10-24(23)8-3-13-27-24/h3,8,14,17-20,26H,2,4-7,9-13,15H2,1H3/b25-16+/t17?,18-,19?,20?,23+,24+/m1/s1. The maximum absolute atomic E-state index is 9.33. The van der Waals surface area contributed by atoms with Gasteiger partial charge in [0, 0.05) is 5.41 Å². The Morgan fingerprint density at radius 3 is 2.74 bits per heavy atom. The van der Waals surface area contributed by atoms with E-state index in [1.807, 2.05) is 0 Å². The Balaban J connectivity index is 1.40. The fourth-order valence-corrected chi connectivity index (χ4v) is 8.75. The van der Waals surface area contributed by atoms with Crippen molar-refractivity contribution in [3.63, 3.8) is 0 Å². The van der Waals surface area contributed by atoms with Crippen molar-refractivity contribution in [3.05, 3.63) is 23.8 Å². The third-order valence-corrected chi connectivity index (χ3v) is 10.00. The van der Waals surface area contributed by atoms with Crippen molar-refractivity contribution in [2.24, 2.45) is 39.7 Å². The minimum absolute atomic E-state index is 0.0491. The molecule has 0 saturated heterocycles. The van der Waals surface area contributed by atoms with E-state index in [0.717, 1.165) is 42.4 Å². The second-order valence-electron chi connectivity index (χ2n) is 10.4. The van der Waals surface area contributed by atoms with Crippen molar-refractivity contribution in [1.82, 2.24) is 0 Å². The zero-order chi connectivity index (χ0) is 18.3. The average molecular weight is 368 g/mol. The van der Waals surface area contributed by atoms with Crippen LogP contribution in [0.1, 0.15) is 71.1 Å². The van der Waals surface area contributed by atoms with Crippen molar-refractivity contribution >= 4 is 5.71 Å². The van der Waals surface area contributed by atoms with E-state index in [2.05, 4.69) is 30.3 Å². The van der Waals surface area contributed by atoms with Crippen LogP contribution >= 0.6 is 0 Å². The lowest BCUT2D eigenvalue weighted by atomic mass is 9.47. The Kier molecular flexibility index (Phi) is 3.42. The Morgan fingerprint density at radius 1 is 1.15 bits per heavy atom. The average Bonchev–Trinajstić information content (AvgIpc) is 3.18. The summed E-state index contributed by atoms with van der Waals surface area (Å²) < 4.78 is 6.48. The molecule has 146 valence electrons. The molecule has 1 N–H and O–H groups in total. The quantitative estimate of drug-likeness (QED) is 0.378. The van der Waals surface area contributed by atoms with Crippen LogP contribution in [-0.2, 0) is 4.74 Å². The molecule has 4 fully saturated rings. The largest absolute Gasteiger partial charge is 0.411 e. The molecule has 27 heavy (non-hydrogen) atoms. The zero-order valence-electron chi connectivity index (χ0n) is 16.6. The van der Waals surface area contributed by atoms with Gasteiger partial charge in [0.15, 0.2) is 0 Å². The molecule has 3 heteroatoms. The van der Waals surface area contributed by atoms with Gasteiger partial charge in [-0.25, -0.2) is 0 Å². The van der Waals surface area contributed by atoms with Gasteiger partial charge in [0.1, 0.15) is 0 Å². The first-order chi connectivity index (χ1) is 13.2. The summed E-state index contributed by atoms with van der Waals surface area (Å²) in [6.07, 6.45) is 19.9. The van der Waals surface area contributed by atoms with E-state index in [4.69, 9.17) is 4.74 Å². The summed E-state index contributed by atoms with van der Waals surface area (Å²) in [5.41, 5.74) is 3.49. The predicted octanol–water partition coefficient (Wildman–Crippen LogP) is 5.49. The Bertz CT molecular complexity index is 747.